The van der Waals surface area contributed by atoms with Gasteiger partial charge in [-0.15, -0.1) is 0 Å². The number of allylic oxidation sites excluding steroid dienone is 2. The third-order valence-electron chi connectivity index (χ3n) is 3.24. The Labute approximate surface area is 106 Å². The molecule has 2 aliphatic rings. The Morgan fingerprint density at radius 1 is 1.29 bits per heavy atom. The van der Waals surface area contributed by atoms with Gasteiger partial charge in [-0.1, -0.05) is 6.58 Å². The van der Waals surface area contributed by atoms with Gasteiger partial charge in [-0.2, -0.15) is 5.10 Å². The molecular weight excluding hydrogens is 229 g/mol. The van der Waals surface area contributed by atoms with Crippen molar-refractivity contribution in [3.05, 3.63) is 35.7 Å². The Morgan fingerprint density at radius 2 is 2.00 bits per heavy atom. The van der Waals surface area contributed by atoms with Crippen molar-refractivity contribution in [2.45, 2.75) is 26.2 Å². The van der Waals surface area contributed by atoms with E-state index in [1.807, 2.05) is 12.4 Å². The van der Waals surface area contributed by atoms with Crippen LogP contribution in [-0.2, 0) is 0 Å². The standard InChI is InChI=1S/C13H20N3P/c1-11-10-16(17)14-7-6-13(12(11)2)15-8-4-3-5-9-15/h6-7,10H,2-5,8-9,17H2,1H3/b11-10-,13-6?,14-7-. The number of nitrogens with zero attached hydrogens (tertiary/aromatic N) is 3. The van der Waals surface area contributed by atoms with Crippen LogP contribution in [0.25, 0.3) is 0 Å². The van der Waals surface area contributed by atoms with Crippen LogP contribution in [0.4, 0.5) is 0 Å². The molecule has 0 N–H and O–H groups in total. The number of rotatable bonds is 1. The monoisotopic (exact) mass is 249 g/mol. The first kappa shape index (κ1) is 12.4. The van der Waals surface area contributed by atoms with Gasteiger partial charge in [-0.05, 0) is 52.8 Å². The van der Waals surface area contributed by atoms with E-state index >= 15 is 0 Å². The molecule has 2 aliphatic heterocycles. The molecule has 3 nitrogen and oxygen atoms in total. The minimum Gasteiger partial charge on any atom is -0.371 e. The maximum Gasteiger partial charge on any atom is 0.0498 e. The summed E-state index contributed by atoms with van der Waals surface area (Å²) in [6.07, 6.45) is 9.80. The SMILES string of the molecule is C=C1C(N2CCCCC2)=C/C=N\N(P)/C=C\1C. The first-order chi connectivity index (χ1) is 8.18. The summed E-state index contributed by atoms with van der Waals surface area (Å²) >= 11 is 0. The molecule has 2 rings (SSSR count). The van der Waals surface area contributed by atoms with Crippen molar-refractivity contribution in [1.29, 1.82) is 0 Å². The summed E-state index contributed by atoms with van der Waals surface area (Å²) in [5.41, 5.74) is 3.49. The van der Waals surface area contributed by atoms with Gasteiger partial charge in [0.1, 0.15) is 0 Å². The maximum absolute atomic E-state index is 4.26. The van der Waals surface area contributed by atoms with Crippen molar-refractivity contribution < 1.29 is 0 Å². The average Bonchev–Trinajstić information content (AvgIpc) is 2.33. The van der Waals surface area contributed by atoms with Crippen LogP contribution in [0.5, 0.6) is 0 Å². The largest absolute Gasteiger partial charge is 0.371 e. The van der Waals surface area contributed by atoms with Crippen molar-refractivity contribution in [1.82, 2.24) is 9.68 Å². The van der Waals surface area contributed by atoms with Gasteiger partial charge in [-0.25, -0.2) is 0 Å². The van der Waals surface area contributed by atoms with Crippen molar-refractivity contribution in [3.8, 4) is 0 Å². The predicted octanol–water partition coefficient (Wildman–Crippen LogP) is 2.91. The van der Waals surface area contributed by atoms with E-state index in [-0.39, 0.29) is 0 Å². The zero-order chi connectivity index (χ0) is 12.3. The zero-order valence-corrected chi connectivity index (χ0v) is 11.5. The molecule has 0 saturated carbocycles. The summed E-state index contributed by atoms with van der Waals surface area (Å²) in [5.74, 6) is 0. The number of hydrogen-bond acceptors (Lipinski definition) is 3. The minimum atomic E-state index is 1.10. The summed E-state index contributed by atoms with van der Waals surface area (Å²) in [4.78, 5) is 2.42. The molecule has 0 spiro atoms. The highest BCUT2D eigenvalue weighted by Gasteiger charge is 2.17. The van der Waals surface area contributed by atoms with Gasteiger partial charge in [0.25, 0.3) is 0 Å². The van der Waals surface area contributed by atoms with Gasteiger partial charge in [0, 0.05) is 31.2 Å². The fourth-order valence-electron chi connectivity index (χ4n) is 2.22. The molecule has 0 aromatic heterocycles. The summed E-state index contributed by atoms with van der Waals surface area (Å²) in [5, 5.41) is 4.26. The first-order valence-electron chi connectivity index (χ1n) is 6.09. The number of piperidine rings is 1. The van der Waals surface area contributed by atoms with E-state index in [4.69, 9.17) is 0 Å². The summed E-state index contributed by atoms with van der Waals surface area (Å²) < 4.78 is 1.74. The predicted molar refractivity (Wildman–Crippen MR) is 76.4 cm³/mol. The van der Waals surface area contributed by atoms with E-state index in [2.05, 4.69) is 39.0 Å². The van der Waals surface area contributed by atoms with Crippen LogP contribution in [0.2, 0.25) is 0 Å². The van der Waals surface area contributed by atoms with Crippen molar-refractivity contribution in [3.63, 3.8) is 0 Å². The molecule has 0 aliphatic carbocycles. The second kappa shape index (κ2) is 5.50. The van der Waals surface area contributed by atoms with Gasteiger partial charge in [-0.3, -0.25) is 4.78 Å². The molecule has 0 aromatic carbocycles. The molecule has 0 aromatic rings. The highest BCUT2D eigenvalue weighted by Crippen LogP contribution is 2.25. The fraction of sp³-hybridized carbons (Fsp3) is 0.462. The lowest BCUT2D eigenvalue weighted by Gasteiger charge is -2.32. The van der Waals surface area contributed by atoms with Gasteiger partial charge in [0.15, 0.2) is 0 Å². The quantitative estimate of drug-likeness (QED) is 0.665. The van der Waals surface area contributed by atoms with E-state index in [1.165, 1.54) is 25.0 Å². The Hall–Kier alpha value is -1.08. The van der Waals surface area contributed by atoms with Crippen LogP contribution in [0.15, 0.2) is 40.8 Å². The summed E-state index contributed by atoms with van der Waals surface area (Å²) in [6.45, 7) is 8.56. The average molecular weight is 249 g/mol. The Balaban J connectivity index is 2.25. The third-order valence-corrected chi connectivity index (χ3v) is 3.52. The van der Waals surface area contributed by atoms with Crippen LogP contribution < -0.4 is 0 Å². The summed E-state index contributed by atoms with van der Waals surface area (Å²) in [7, 11) is 2.56. The van der Waals surface area contributed by atoms with Crippen molar-refractivity contribution in [2.75, 3.05) is 13.1 Å². The lowest BCUT2D eigenvalue weighted by molar-refractivity contribution is 0.291. The molecule has 1 saturated heterocycles. The zero-order valence-electron chi connectivity index (χ0n) is 10.4. The molecule has 0 amide bonds. The second-order valence-electron chi connectivity index (χ2n) is 4.53. The maximum atomic E-state index is 4.26. The van der Waals surface area contributed by atoms with Gasteiger partial charge < -0.3 is 4.90 Å². The molecule has 2 heterocycles. The highest BCUT2D eigenvalue weighted by molar-refractivity contribution is 7.13. The van der Waals surface area contributed by atoms with Crippen molar-refractivity contribution in [2.24, 2.45) is 5.10 Å². The van der Waals surface area contributed by atoms with Crippen LogP contribution >= 0.6 is 9.39 Å². The number of hydrazone groups is 1. The normalized spacial score (nSPS) is 26.8. The van der Waals surface area contributed by atoms with Gasteiger partial charge >= 0.3 is 0 Å². The third kappa shape index (κ3) is 2.98. The van der Waals surface area contributed by atoms with Gasteiger partial charge in [0.05, 0.1) is 0 Å². The Morgan fingerprint density at radius 3 is 2.71 bits per heavy atom. The van der Waals surface area contributed by atoms with E-state index in [0.29, 0.717) is 0 Å². The second-order valence-corrected chi connectivity index (χ2v) is 5.06. The van der Waals surface area contributed by atoms with Crippen molar-refractivity contribution >= 4 is 15.6 Å². The lowest BCUT2D eigenvalue weighted by atomic mass is 10.0. The van der Waals surface area contributed by atoms with Crippen LogP contribution in [0.3, 0.4) is 0 Å². The highest BCUT2D eigenvalue weighted by atomic mass is 31.0. The van der Waals surface area contributed by atoms with E-state index in [9.17, 15) is 0 Å². The lowest BCUT2D eigenvalue weighted by Crippen LogP contribution is -2.30. The number of likely N-dealkylation sites (tertiary alicyclic amines) is 1. The van der Waals surface area contributed by atoms with Gasteiger partial charge in [0.2, 0.25) is 0 Å². The molecule has 4 heteroatoms. The molecular formula is C13H20N3P. The summed E-state index contributed by atoms with van der Waals surface area (Å²) in [6, 6.07) is 0. The molecule has 1 unspecified atom stereocenters. The van der Waals surface area contributed by atoms with E-state index < -0.39 is 0 Å². The minimum absolute atomic E-state index is 1.10. The molecule has 1 fully saturated rings. The Kier molecular flexibility index (Phi) is 4.01. The smallest absolute Gasteiger partial charge is 0.0498 e. The van der Waals surface area contributed by atoms with Crippen LogP contribution in [-0.4, -0.2) is 29.0 Å². The van der Waals surface area contributed by atoms with Crippen LogP contribution in [0, 0.1) is 0 Å². The first-order valence-corrected chi connectivity index (χ1v) is 6.61. The Bertz CT molecular complexity index is 389. The number of hydrogen-bond donors (Lipinski definition) is 0. The fourth-order valence-corrected chi connectivity index (χ4v) is 2.52. The molecule has 17 heavy (non-hydrogen) atoms. The van der Waals surface area contributed by atoms with E-state index in [0.717, 1.165) is 24.2 Å². The molecule has 0 radical (unpaired) electrons. The van der Waals surface area contributed by atoms with E-state index in [1.54, 1.807) is 4.78 Å². The molecule has 1 atom stereocenters. The molecule has 92 valence electrons. The van der Waals surface area contributed by atoms with Crippen LogP contribution in [0.1, 0.15) is 26.2 Å². The molecule has 0 bridgehead atoms. The topological polar surface area (TPSA) is 18.8 Å².